The van der Waals surface area contributed by atoms with Crippen molar-refractivity contribution >= 4 is 40.1 Å². The zero-order valence-corrected chi connectivity index (χ0v) is 24.6. The van der Waals surface area contributed by atoms with E-state index in [4.69, 9.17) is 14.5 Å². The van der Waals surface area contributed by atoms with E-state index in [0.717, 1.165) is 42.4 Å². The summed E-state index contributed by atoms with van der Waals surface area (Å²) in [5, 5.41) is 12.0. The lowest BCUT2D eigenvalue weighted by molar-refractivity contribution is -0.141. The molecule has 0 bridgehead atoms. The van der Waals surface area contributed by atoms with Gasteiger partial charge in [-0.05, 0) is 67.9 Å². The van der Waals surface area contributed by atoms with Crippen molar-refractivity contribution in [1.82, 2.24) is 9.97 Å². The van der Waals surface area contributed by atoms with Crippen molar-refractivity contribution in [2.45, 2.75) is 51.0 Å². The van der Waals surface area contributed by atoms with Gasteiger partial charge in [-0.3, -0.25) is 24.2 Å². The molecular formula is C31H33FN4O6S. The highest BCUT2D eigenvalue weighted by atomic mass is 32.1. The second-order valence-corrected chi connectivity index (χ2v) is 12.2. The number of alkyl halides is 1. The lowest BCUT2D eigenvalue weighted by Gasteiger charge is -2.29. The van der Waals surface area contributed by atoms with E-state index in [0.29, 0.717) is 47.6 Å². The second-order valence-electron chi connectivity index (χ2n) is 11.3. The van der Waals surface area contributed by atoms with E-state index in [-0.39, 0.29) is 36.6 Å². The smallest absolute Gasteiger partial charge is 0.304 e. The normalized spacial score (nSPS) is 17.5. The van der Waals surface area contributed by atoms with Gasteiger partial charge in [0.05, 0.1) is 18.5 Å². The number of halogens is 1. The molecule has 226 valence electrons. The number of likely N-dealkylation sites (N-methyl/N-ethyl adjacent to an activating group) is 1. The van der Waals surface area contributed by atoms with Crippen LogP contribution in [0.5, 0.6) is 5.75 Å². The minimum Gasteiger partial charge on any atom is -0.481 e. The molecular weight excluding hydrogens is 575 g/mol. The quantitative estimate of drug-likeness (QED) is 0.319. The number of rotatable bonds is 11. The molecule has 2 amide bonds. The van der Waals surface area contributed by atoms with E-state index in [1.807, 2.05) is 17.5 Å². The Kier molecular flexibility index (Phi) is 8.40. The molecule has 1 saturated carbocycles. The maximum Gasteiger partial charge on any atom is 0.304 e. The zero-order chi connectivity index (χ0) is 30.1. The van der Waals surface area contributed by atoms with E-state index in [2.05, 4.69) is 4.98 Å². The largest absolute Gasteiger partial charge is 0.481 e. The number of benzene rings is 1. The highest BCUT2D eigenvalue weighted by Gasteiger charge is 2.40. The number of fused-ring (bicyclic) bond motifs is 1. The van der Waals surface area contributed by atoms with Gasteiger partial charge in [0.2, 0.25) is 18.7 Å². The van der Waals surface area contributed by atoms with Gasteiger partial charge >= 0.3 is 5.97 Å². The first kappa shape index (κ1) is 29.2. The molecule has 43 heavy (non-hydrogen) atoms. The van der Waals surface area contributed by atoms with E-state index in [1.165, 1.54) is 16.2 Å². The Bertz CT molecular complexity index is 1540. The van der Waals surface area contributed by atoms with Gasteiger partial charge in [0, 0.05) is 60.5 Å². The Hall–Kier alpha value is -3.90. The molecule has 1 saturated heterocycles. The van der Waals surface area contributed by atoms with Crippen LogP contribution in [0.1, 0.15) is 44.1 Å². The van der Waals surface area contributed by atoms with Crippen LogP contribution in [0.4, 0.5) is 15.3 Å². The molecule has 1 unspecified atom stereocenters. The molecule has 4 heterocycles. The third-order valence-corrected chi connectivity index (χ3v) is 9.19. The number of carbonyl (C=O) groups excluding carboxylic acids is 2. The van der Waals surface area contributed by atoms with Crippen molar-refractivity contribution in [2.24, 2.45) is 11.8 Å². The van der Waals surface area contributed by atoms with Crippen LogP contribution in [0.25, 0.3) is 22.4 Å². The summed E-state index contributed by atoms with van der Waals surface area (Å²) >= 11 is 1.32. The van der Waals surface area contributed by atoms with Crippen LogP contribution in [0.3, 0.4) is 0 Å². The number of carbonyl (C=O) groups is 3. The molecule has 0 radical (unpaired) electrons. The summed E-state index contributed by atoms with van der Waals surface area (Å²) < 4.78 is 23.7. The first-order chi connectivity index (χ1) is 20.8. The number of nitrogens with zero attached hydrogens (tertiary/aromatic N) is 4. The number of amides is 2. The van der Waals surface area contributed by atoms with E-state index < -0.39 is 18.7 Å². The lowest BCUT2D eigenvalue weighted by atomic mass is 9.86. The highest BCUT2D eigenvalue weighted by molar-refractivity contribution is 7.14. The summed E-state index contributed by atoms with van der Waals surface area (Å²) in [6.45, 7) is 0.264. The lowest BCUT2D eigenvalue weighted by Crippen LogP contribution is -2.40. The molecule has 1 aliphatic carbocycles. The number of hydrogen-bond acceptors (Lipinski definition) is 8. The van der Waals surface area contributed by atoms with E-state index in [9.17, 15) is 23.9 Å². The number of aliphatic carboxylic acids is 1. The van der Waals surface area contributed by atoms with Gasteiger partial charge in [-0.15, -0.1) is 11.3 Å². The summed E-state index contributed by atoms with van der Waals surface area (Å²) in [6, 6.07) is 7.10. The number of pyridine rings is 1. The number of aromatic nitrogens is 2. The molecule has 0 spiro atoms. The zero-order valence-electron chi connectivity index (χ0n) is 23.8. The maximum absolute atomic E-state index is 14.0. The van der Waals surface area contributed by atoms with Crippen LogP contribution >= 0.6 is 11.3 Å². The molecule has 2 fully saturated rings. The Labute approximate surface area is 252 Å². The number of anilines is 2. The number of hydrogen-bond donors (Lipinski definition) is 1. The third-order valence-electron chi connectivity index (χ3n) is 8.35. The van der Waals surface area contributed by atoms with Gasteiger partial charge in [0.15, 0.2) is 5.13 Å². The van der Waals surface area contributed by atoms with Crippen molar-refractivity contribution in [3.05, 3.63) is 41.4 Å². The number of ether oxygens (including phenoxy) is 2. The first-order valence-corrected chi connectivity index (χ1v) is 15.4. The summed E-state index contributed by atoms with van der Waals surface area (Å²) in [4.78, 5) is 50.6. The fourth-order valence-electron chi connectivity index (χ4n) is 5.95. The Morgan fingerprint density at radius 3 is 2.72 bits per heavy atom. The van der Waals surface area contributed by atoms with Crippen molar-refractivity contribution < 1.29 is 33.4 Å². The molecule has 1 atom stereocenters. The summed E-state index contributed by atoms with van der Waals surface area (Å²) in [5.41, 5.74) is 3.60. The van der Waals surface area contributed by atoms with Gasteiger partial charge in [-0.25, -0.2) is 14.4 Å². The third kappa shape index (κ3) is 6.25. The van der Waals surface area contributed by atoms with Gasteiger partial charge < -0.3 is 14.6 Å². The van der Waals surface area contributed by atoms with Crippen LogP contribution in [0, 0.1) is 11.8 Å². The standard InChI is InChI=1S/C31H33FN4O6S/c1-35-27(37)12-19-11-21(15-33-29(19)35)24-5-4-23(42-17-32)14-25(24)26-16-43-31(34-26)36(22-2-3-22)30(40)20(13-28(38)39)10-18-6-8-41-9-7-18/h4-5,11,14-16,18,20,22H,2-3,6-10,12-13,17H2,1H3,(H,38,39). The SMILES string of the molecule is CN1C(=O)Cc2cc(-c3ccc(OCF)cc3-c3csc(N(C(=O)C(CC(=O)O)CC4CCOCC4)C4CC4)n3)cnc21. The van der Waals surface area contributed by atoms with Crippen LogP contribution in [-0.4, -0.2) is 66.0 Å². The molecule has 2 aliphatic heterocycles. The van der Waals surface area contributed by atoms with Crippen molar-refractivity contribution in [1.29, 1.82) is 0 Å². The fourth-order valence-corrected chi connectivity index (χ4v) is 6.85. The number of carboxylic acids is 1. The van der Waals surface area contributed by atoms with Crippen LogP contribution < -0.4 is 14.5 Å². The molecule has 3 aromatic rings. The summed E-state index contributed by atoms with van der Waals surface area (Å²) in [7, 11) is 1.70. The van der Waals surface area contributed by atoms with E-state index in [1.54, 1.807) is 30.3 Å². The van der Waals surface area contributed by atoms with E-state index >= 15 is 0 Å². The fraction of sp³-hybridized carbons (Fsp3) is 0.452. The molecule has 2 aromatic heterocycles. The average Bonchev–Trinajstić information content (AvgIpc) is 3.64. The van der Waals surface area contributed by atoms with Crippen LogP contribution in [0.2, 0.25) is 0 Å². The monoisotopic (exact) mass is 608 g/mol. The predicted molar refractivity (Wildman–Crippen MR) is 159 cm³/mol. The Morgan fingerprint density at radius 1 is 1.21 bits per heavy atom. The van der Waals surface area contributed by atoms with Gasteiger partial charge in [0.25, 0.3) is 0 Å². The second kappa shape index (κ2) is 12.4. The minimum atomic E-state index is -0.994. The maximum atomic E-state index is 14.0. The van der Waals surface area contributed by atoms with Crippen molar-refractivity contribution in [2.75, 3.05) is 36.9 Å². The molecule has 1 aromatic carbocycles. The number of carboxylic acid groups (broad SMARTS) is 1. The molecule has 3 aliphatic rings. The predicted octanol–water partition coefficient (Wildman–Crippen LogP) is 5.10. The van der Waals surface area contributed by atoms with Crippen LogP contribution in [0.15, 0.2) is 35.8 Å². The molecule has 6 rings (SSSR count). The number of thiazole rings is 1. The molecule has 10 nitrogen and oxygen atoms in total. The minimum absolute atomic E-state index is 0.0198. The van der Waals surface area contributed by atoms with Crippen molar-refractivity contribution in [3.63, 3.8) is 0 Å². The first-order valence-electron chi connectivity index (χ1n) is 14.5. The topological polar surface area (TPSA) is 122 Å². The summed E-state index contributed by atoms with van der Waals surface area (Å²) in [6.07, 6.45) is 5.53. The Morgan fingerprint density at radius 2 is 2.00 bits per heavy atom. The molecule has 12 heteroatoms. The summed E-state index contributed by atoms with van der Waals surface area (Å²) in [5.74, 6) is -0.685. The average molecular weight is 609 g/mol. The van der Waals surface area contributed by atoms with Crippen molar-refractivity contribution in [3.8, 4) is 28.1 Å². The Balaban J connectivity index is 1.33. The van der Waals surface area contributed by atoms with Gasteiger partial charge in [-0.1, -0.05) is 0 Å². The van der Waals surface area contributed by atoms with Crippen LogP contribution in [-0.2, 0) is 25.5 Å². The highest BCUT2D eigenvalue weighted by Crippen LogP contribution is 2.42. The molecule has 1 N–H and O–H groups in total. The van der Waals surface area contributed by atoms with Gasteiger partial charge in [-0.2, -0.15) is 0 Å². The van der Waals surface area contributed by atoms with Gasteiger partial charge in [0.1, 0.15) is 11.6 Å².